The molecule has 0 fully saturated rings. The first-order valence-electron chi connectivity index (χ1n) is 9.68. The van der Waals surface area contributed by atoms with Crippen molar-refractivity contribution in [3.05, 3.63) is 95.8 Å². The Balaban J connectivity index is 1.38. The fourth-order valence-corrected chi connectivity index (χ4v) is 3.28. The minimum absolute atomic E-state index is 0.0993. The summed E-state index contributed by atoms with van der Waals surface area (Å²) in [6, 6.07) is 23.9. The van der Waals surface area contributed by atoms with Crippen molar-refractivity contribution in [2.24, 2.45) is 0 Å². The molecule has 4 aromatic rings. The monoisotopic (exact) mass is 398 g/mol. The lowest BCUT2D eigenvalue weighted by atomic mass is 10.0. The Bertz CT molecular complexity index is 1130. The maximum atomic E-state index is 12.5. The van der Waals surface area contributed by atoms with Gasteiger partial charge in [0.15, 0.2) is 0 Å². The van der Waals surface area contributed by atoms with Gasteiger partial charge in [0.1, 0.15) is 6.33 Å². The summed E-state index contributed by atoms with van der Waals surface area (Å²) in [5.41, 5.74) is 5.87. The Hall–Kier alpha value is -4.00. The second-order valence-corrected chi connectivity index (χ2v) is 6.98. The van der Waals surface area contributed by atoms with Crippen LogP contribution in [0.1, 0.15) is 16.7 Å². The van der Waals surface area contributed by atoms with Crippen LogP contribution in [0, 0.1) is 6.92 Å². The number of tetrazole rings is 1. The van der Waals surface area contributed by atoms with Gasteiger partial charge in [0.2, 0.25) is 5.91 Å². The minimum atomic E-state index is -0.0993. The number of benzene rings is 3. The van der Waals surface area contributed by atoms with Gasteiger partial charge in [-0.3, -0.25) is 4.79 Å². The molecule has 0 spiro atoms. The number of para-hydroxylation sites is 1. The summed E-state index contributed by atoms with van der Waals surface area (Å²) in [5, 5.41) is 17.4. The number of carbonyl (C=O) groups excluding carboxylic acids is 1. The lowest BCUT2D eigenvalue weighted by Crippen LogP contribution is -2.22. The zero-order chi connectivity index (χ0) is 20.8. The molecule has 0 atom stereocenters. The lowest BCUT2D eigenvalue weighted by molar-refractivity contribution is -0.114. The number of amides is 1. The summed E-state index contributed by atoms with van der Waals surface area (Å²) in [4.78, 5) is 12.5. The first-order valence-corrected chi connectivity index (χ1v) is 9.68. The average Bonchev–Trinajstić information content (AvgIpc) is 3.29. The largest absolute Gasteiger partial charge is 0.376 e. The summed E-state index contributed by atoms with van der Waals surface area (Å²) < 4.78 is 1.61. The molecule has 150 valence electrons. The molecule has 30 heavy (non-hydrogen) atoms. The molecule has 1 amide bonds. The van der Waals surface area contributed by atoms with Crippen molar-refractivity contribution in [1.29, 1.82) is 0 Å². The summed E-state index contributed by atoms with van der Waals surface area (Å²) in [6.45, 7) is 2.14. The van der Waals surface area contributed by atoms with Crippen molar-refractivity contribution in [3.63, 3.8) is 0 Å². The molecule has 0 bridgehead atoms. The first kappa shape index (κ1) is 19.3. The summed E-state index contributed by atoms with van der Waals surface area (Å²) >= 11 is 0. The number of rotatable bonds is 7. The van der Waals surface area contributed by atoms with Gasteiger partial charge in [0.25, 0.3) is 0 Å². The average molecular weight is 398 g/mol. The fourth-order valence-electron chi connectivity index (χ4n) is 3.28. The molecule has 1 heterocycles. The number of nitrogens with zero attached hydrogens (tertiary/aromatic N) is 4. The van der Waals surface area contributed by atoms with E-state index in [1.54, 1.807) is 11.0 Å². The lowest BCUT2D eigenvalue weighted by Gasteiger charge is -2.13. The number of nitrogens with one attached hydrogen (secondary N) is 2. The predicted molar refractivity (Wildman–Crippen MR) is 117 cm³/mol. The quantitative estimate of drug-likeness (QED) is 0.497. The van der Waals surface area contributed by atoms with Crippen LogP contribution in [0.4, 0.5) is 11.4 Å². The Kier molecular flexibility index (Phi) is 5.80. The molecule has 2 N–H and O–H groups in total. The second kappa shape index (κ2) is 9.00. The fraction of sp³-hybridized carbons (Fsp3) is 0.130. The molecule has 7 nitrogen and oxygen atoms in total. The van der Waals surface area contributed by atoms with Gasteiger partial charge in [-0.15, -0.1) is 5.10 Å². The van der Waals surface area contributed by atoms with Gasteiger partial charge < -0.3 is 10.6 Å². The standard InChI is InChI=1S/C23H22N6O/c1-17-13-20(11-12-22(17)29-16-25-27-28-29)24-15-23(30)26-21-10-6-5-9-19(21)14-18-7-3-2-4-8-18/h2-13,16,24H,14-15H2,1H3,(H,26,30). The van der Waals surface area contributed by atoms with Crippen LogP contribution in [-0.4, -0.2) is 32.7 Å². The number of aromatic nitrogens is 4. The van der Waals surface area contributed by atoms with E-state index < -0.39 is 0 Å². The van der Waals surface area contributed by atoms with Crippen molar-refractivity contribution in [3.8, 4) is 5.69 Å². The minimum Gasteiger partial charge on any atom is -0.376 e. The van der Waals surface area contributed by atoms with Crippen LogP contribution < -0.4 is 10.6 Å². The molecule has 0 aliphatic heterocycles. The third kappa shape index (κ3) is 4.70. The van der Waals surface area contributed by atoms with Crippen molar-refractivity contribution in [2.75, 3.05) is 17.2 Å². The molecule has 0 saturated carbocycles. The summed E-state index contributed by atoms with van der Waals surface area (Å²) in [5.74, 6) is -0.0993. The highest BCUT2D eigenvalue weighted by molar-refractivity contribution is 5.94. The number of anilines is 2. The number of aryl methyl sites for hydroxylation is 1. The predicted octanol–water partition coefficient (Wildman–Crippen LogP) is 3.61. The maximum Gasteiger partial charge on any atom is 0.243 e. The van der Waals surface area contributed by atoms with Crippen molar-refractivity contribution < 1.29 is 4.79 Å². The third-order valence-electron chi connectivity index (χ3n) is 4.77. The first-order chi connectivity index (χ1) is 14.7. The number of hydrogen-bond donors (Lipinski definition) is 2. The highest BCUT2D eigenvalue weighted by Gasteiger charge is 2.08. The van der Waals surface area contributed by atoms with E-state index in [1.165, 1.54) is 5.56 Å². The number of carbonyl (C=O) groups is 1. The molecule has 0 unspecified atom stereocenters. The van der Waals surface area contributed by atoms with E-state index in [0.717, 1.165) is 34.6 Å². The molecule has 4 rings (SSSR count). The third-order valence-corrected chi connectivity index (χ3v) is 4.77. The van der Waals surface area contributed by atoms with Crippen LogP contribution in [0.15, 0.2) is 79.1 Å². The molecule has 7 heteroatoms. The van der Waals surface area contributed by atoms with E-state index in [9.17, 15) is 4.79 Å². The Morgan fingerprint density at radius 3 is 2.57 bits per heavy atom. The molecule has 0 saturated heterocycles. The summed E-state index contributed by atoms with van der Waals surface area (Å²) in [6.07, 6.45) is 2.32. The Morgan fingerprint density at radius 2 is 1.80 bits per heavy atom. The molecule has 1 aromatic heterocycles. The van der Waals surface area contributed by atoms with Crippen LogP contribution in [-0.2, 0) is 11.2 Å². The van der Waals surface area contributed by atoms with Gasteiger partial charge in [-0.1, -0.05) is 48.5 Å². The molecular weight excluding hydrogens is 376 g/mol. The van der Waals surface area contributed by atoms with E-state index in [1.807, 2.05) is 67.6 Å². The molecular formula is C23H22N6O. The van der Waals surface area contributed by atoms with Gasteiger partial charge in [-0.05, 0) is 64.7 Å². The summed E-state index contributed by atoms with van der Waals surface area (Å²) in [7, 11) is 0. The Morgan fingerprint density at radius 1 is 1.00 bits per heavy atom. The van der Waals surface area contributed by atoms with Crippen LogP contribution in [0.25, 0.3) is 5.69 Å². The van der Waals surface area contributed by atoms with Crippen LogP contribution in [0.2, 0.25) is 0 Å². The molecule has 0 radical (unpaired) electrons. The highest BCUT2D eigenvalue weighted by Crippen LogP contribution is 2.20. The normalized spacial score (nSPS) is 10.6. The van der Waals surface area contributed by atoms with Gasteiger partial charge in [0.05, 0.1) is 12.2 Å². The zero-order valence-electron chi connectivity index (χ0n) is 16.6. The van der Waals surface area contributed by atoms with Gasteiger partial charge in [0, 0.05) is 11.4 Å². The van der Waals surface area contributed by atoms with Crippen LogP contribution >= 0.6 is 0 Å². The van der Waals surface area contributed by atoms with Gasteiger partial charge >= 0.3 is 0 Å². The molecule has 0 aliphatic rings. The van der Waals surface area contributed by atoms with Crippen LogP contribution in [0.5, 0.6) is 0 Å². The van der Waals surface area contributed by atoms with Gasteiger partial charge in [-0.2, -0.15) is 0 Å². The molecule has 3 aromatic carbocycles. The topological polar surface area (TPSA) is 84.7 Å². The van der Waals surface area contributed by atoms with Crippen LogP contribution in [0.3, 0.4) is 0 Å². The maximum absolute atomic E-state index is 12.5. The smallest absolute Gasteiger partial charge is 0.243 e. The number of hydrogen-bond acceptors (Lipinski definition) is 5. The van der Waals surface area contributed by atoms with E-state index >= 15 is 0 Å². The SMILES string of the molecule is Cc1cc(NCC(=O)Nc2ccccc2Cc2ccccc2)ccc1-n1cnnn1. The van der Waals surface area contributed by atoms with Crippen molar-refractivity contribution in [2.45, 2.75) is 13.3 Å². The van der Waals surface area contributed by atoms with E-state index in [0.29, 0.717) is 0 Å². The highest BCUT2D eigenvalue weighted by atomic mass is 16.1. The van der Waals surface area contributed by atoms with E-state index in [4.69, 9.17) is 0 Å². The molecule has 0 aliphatic carbocycles. The van der Waals surface area contributed by atoms with E-state index in [-0.39, 0.29) is 12.5 Å². The van der Waals surface area contributed by atoms with Gasteiger partial charge in [-0.25, -0.2) is 4.68 Å². The van der Waals surface area contributed by atoms with Crippen molar-refractivity contribution >= 4 is 17.3 Å². The van der Waals surface area contributed by atoms with E-state index in [2.05, 4.69) is 38.3 Å². The van der Waals surface area contributed by atoms with Crippen molar-refractivity contribution in [1.82, 2.24) is 20.2 Å². The Labute approximate surface area is 174 Å². The second-order valence-electron chi connectivity index (χ2n) is 6.98. The zero-order valence-corrected chi connectivity index (χ0v) is 16.6.